The lowest BCUT2D eigenvalue weighted by Crippen LogP contribution is -2.42. The van der Waals surface area contributed by atoms with E-state index in [1.54, 1.807) is 6.92 Å². The number of nitrogens with one attached hydrogen (secondary N) is 1. The number of hydrogen-bond acceptors (Lipinski definition) is 4. The number of benzene rings is 1. The average molecular weight is 332 g/mol. The van der Waals surface area contributed by atoms with Crippen LogP contribution in [0.1, 0.15) is 18.1 Å². The van der Waals surface area contributed by atoms with Crippen LogP contribution in [-0.2, 0) is 27.1 Å². The molecule has 6 nitrogen and oxygen atoms in total. The van der Waals surface area contributed by atoms with E-state index in [1.807, 2.05) is 0 Å². The number of halogens is 3. The monoisotopic (exact) mass is 332 g/mol. The van der Waals surface area contributed by atoms with Crippen molar-refractivity contribution in [2.24, 2.45) is 0 Å². The van der Waals surface area contributed by atoms with E-state index < -0.39 is 29.8 Å². The van der Waals surface area contributed by atoms with Crippen molar-refractivity contribution in [1.29, 1.82) is 0 Å². The highest BCUT2D eigenvalue weighted by atomic mass is 19.4. The summed E-state index contributed by atoms with van der Waals surface area (Å²) < 4.78 is 42.1. The van der Waals surface area contributed by atoms with Crippen molar-refractivity contribution in [2.75, 3.05) is 13.2 Å². The van der Waals surface area contributed by atoms with E-state index in [1.165, 1.54) is 12.1 Å². The summed E-state index contributed by atoms with van der Waals surface area (Å²) in [6, 6.07) is 3.54. The minimum Gasteiger partial charge on any atom is -0.450 e. The molecule has 0 aromatic heterocycles. The van der Waals surface area contributed by atoms with Crippen molar-refractivity contribution in [3.05, 3.63) is 35.4 Å². The largest absolute Gasteiger partial charge is 0.450 e. The second-order valence-electron chi connectivity index (χ2n) is 4.78. The molecular formula is C14H15F3N2O4. The minimum atomic E-state index is -4.41. The zero-order valence-corrected chi connectivity index (χ0v) is 12.2. The number of ether oxygens (including phenoxy) is 1. The van der Waals surface area contributed by atoms with Crippen LogP contribution in [0.5, 0.6) is 0 Å². The van der Waals surface area contributed by atoms with Crippen LogP contribution in [0.15, 0.2) is 24.3 Å². The molecule has 0 unspecified atom stereocenters. The van der Waals surface area contributed by atoms with E-state index in [0.717, 1.165) is 17.2 Å². The van der Waals surface area contributed by atoms with E-state index >= 15 is 0 Å². The molecule has 0 spiro atoms. The fourth-order valence-corrected chi connectivity index (χ4v) is 1.98. The van der Waals surface area contributed by atoms with Gasteiger partial charge >= 0.3 is 12.3 Å². The molecule has 2 amide bonds. The van der Waals surface area contributed by atoms with E-state index in [0.29, 0.717) is 5.56 Å². The van der Waals surface area contributed by atoms with Crippen LogP contribution in [0.4, 0.5) is 18.0 Å². The van der Waals surface area contributed by atoms with E-state index in [9.17, 15) is 22.8 Å². The number of amides is 2. The fourth-order valence-electron chi connectivity index (χ4n) is 1.98. The van der Waals surface area contributed by atoms with Crippen molar-refractivity contribution in [3.63, 3.8) is 0 Å². The second kappa shape index (κ2) is 6.86. The summed E-state index contributed by atoms with van der Waals surface area (Å²) in [5.41, 5.74) is -0.292. The predicted molar refractivity (Wildman–Crippen MR) is 71.9 cm³/mol. The van der Waals surface area contributed by atoms with Gasteiger partial charge in [0.05, 0.1) is 18.7 Å². The summed E-state index contributed by atoms with van der Waals surface area (Å²) >= 11 is 0. The number of alkyl halides is 3. The molecule has 1 aliphatic rings. The van der Waals surface area contributed by atoms with Crippen molar-refractivity contribution >= 4 is 12.0 Å². The van der Waals surface area contributed by atoms with E-state index in [2.05, 4.69) is 10.1 Å². The van der Waals surface area contributed by atoms with Gasteiger partial charge in [-0.1, -0.05) is 12.1 Å². The maximum Gasteiger partial charge on any atom is 0.416 e. The Hall–Kier alpha value is -2.29. The lowest BCUT2D eigenvalue weighted by atomic mass is 10.1. The molecule has 9 heteroatoms. The van der Waals surface area contributed by atoms with Gasteiger partial charge in [0.25, 0.3) is 5.91 Å². The Morgan fingerprint density at radius 2 is 2.04 bits per heavy atom. The van der Waals surface area contributed by atoms with Crippen LogP contribution in [-0.4, -0.2) is 36.3 Å². The Morgan fingerprint density at radius 1 is 1.39 bits per heavy atom. The standard InChI is InChI=1S/C14H15F3N2O4/c1-2-22-13(21)18-11-8-23-19(12(11)20)7-9-3-5-10(6-4-9)14(15,16)17/h3-6,11H,2,7-8H2,1H3,(H,18,21)/t11-/m1/s1. The molecule has 0 aliphatic carbocycles. The van der Waals surface area contributed by atoms with Gasteiger partial charge in [-0.2, -0.15) is 13.2 Å². The van der Waals surface area contributed by atoms with E-state index in [4.69, 9.17) is 4.84 Å². The number of carbonyl (C=O) groups is 2. The quantitative estimate of drug-likeness (QED) is 0.917. The first-order valence-corrected chi connectivity index (χ1v) is 6.85. The molecule has 1 fully saturated rings. The highest BCUT2D eigenvalue weighted by Crippen LogP contribution is 2.29. The van der Waals surface area contributed by atoms with Crippen molar-refractivity contribution in [1.82, 2.24) is 10.4 Å². The Morgan fingerprint density at radius 3 is 2.61 bits per heavy atom. The van der Waals surface area contributed by atoms with Gasteiger partial charge in [-0.3, -0.25) is 9.63 Å². The molecule has 1 atom stereocenters. The first-order valence-electron chi connectivity index (χ1n) is 6.85. The molecule has 1 aromatic carbocycles. The van der Waals surface area contributed by atoms with Crippen LogP contribution >= 0.6 is 0 Å². The summed E-state index contributed by atoms with van der Waals surface area (Å²) in [7, 11) is 0. The molecule has 0 saturated carbocycles. The van der Waals surface area contributed by atoms with Crippen molar-refractivity contribution in [3.8, 4) is 0 Å². The first kappa shape index (κ1) is 17.1. The third-order valence-corrected chi connectivity index (χ3v) is 3.12. The lowest BCUT2D eigenvalue weighted by Gasteiger charge is -2.15. The van der Waals surface area contributed by atoms with Crippen LogP contribution in [0.3, 0.4) is 0 Å². The zero-order valence-electron chi connectivity index (χ0n) is 12.2. The van der Waals surface area contributed by atoms with Crippen molar-refractivity contribution in [2.45, 2.75) is 25.7 Å². The highest BCUT2D eigenvalue weighted by Gasteiger charge is 2.35. The van der Waals surface area contributed by atoms with Gasteiger partial charge in [-0.25, -0.2) is 9.86 Å². The summed E-state index contributed by atoms with van der Waals surface area (Å²) in [4.78, 5) is 28.5. The maximum absolute atomic E-state index is 12.5. The average Bonchev–Trinajstić information content (AvgIpc) is 2.80. The zero-order chi connectivity index (χ0) is 17.0. The Balaban J connectivity index is 1.94. The normalized spacial score (nSPS) is 18.2. The fraction of sp³-hybridized carbons (Fsp3) is 0.429. The number of nitrogens with zero attached hydrogens (tertiary/aromatic N) is 1. The number of hydrogen-bond donors (Lipinski definition) is 1. The molecule has 126 valence electrons. The SMILES string of the molecule is CCOC(=O)N[C@@H]1CON(Cc2ccc(C(F)(F)F)cc2)C1=O. The van der Waals surface area contributed by atoms with Crippen LogP contribution in [0, 0.1) is 0 Å². The smallest absolute Gasteiger partial charge is 0.416 e. The predicted octanol–water partition coefficient (Wildman–Crippen LogP) is 2.09. The summed E-state index contributed by atoms with van der Waals surface area (Å²) in [6.07, 6.45) is -5.14. The Labute approximate surface area is 130 Å². The molecule has 1 N–H and O–H groups in total. The Bertz CT molecular complexity index is 574. The maximum atomic E-state index is 12.5. The molecule has 0 radical (unpaired) electrons. The van der Waals surface area contributed by atoms with Gasteiger partial charge in [-0.05, 0) is 24.6 Å². The van der Waals surface area contributed by atoms with Gasteiger partial charge in [-0.15, -0.1) is 0 Å². The van der Waals surface area contributed by atoms with Gasteiger partial charge in [0.2, 0.25) is 0 Å². The van der Waals surface area contributed by atoms with E-state index in [-0.39, 0.29) is 19.8 Å². The minimum absolute atomic E-state index is 0.0159. The molecular weight excluding hydrogens is 317 g/mol. The third kappa shape index (κ3) is 4.35. The van der Waals surface area contributed by atoms with Gasteiger partial charge in [0.1, 0.15) is 12.6 Å². The van der Waals surface area contributed by atoms with Crippen LogP contribution < -0.4 is 5.32 Å². The molecule has 1 heterocycles. The summed E-state index contributed by atoms with van der Waals surface area (Å²) in [6.45, 7) is 1.72. The number of rotatable bonds is 4. The van der Waals surface area contributed by atoms with Gasteiger partial charge < -0.3 is 10.1 Å². The highest BCUT2D eigenvalue weighted by molar-refractivity contribution is 5.86. The van der Waals surface area contributed by atoms with Crippen LogP contribution in [0.2, 0.25) is 0 Å². The molecule has 1 aromatic rings. The molecule has 1 aliphatic heterocycles. The first-order chi connectivity index (χ1) is 10.8. The van der Waals surface area contributed by atoms with Gasteiger partial charge in [0.15, 0.2) is 0 Å². The molecule has 23 heavy (non-hydrogen) atoms. The van der Waals surface area contributed by atoms with Crippen molar-refractivity contribution < 1.29 is 32.3 Å². The molecule has 2 rings (SSSR count). The molecule has 0 bridgehead atoms. The number of alkyl carbamates (subject to hydrolysis) is 1. The summed E-state index contributed by atoms with van der Waals surface area (Å²) in [5.74, 6) is -0.488. The molecule has 1 saturated heterocycles. The second-order valence-corrected chi connectivity index (χ2v) is 4.78. The number of carbonyl (C=O) groups excluding carboxylic acids is 2. The Kier molecular flexibility index (Phi) is 5.09. The topological polar surface area (TPSA) is 67.9 Å². The summed E-state index contributed by atoms with van der Waals surface area (Å²) in [5, 5.41) is 3.35. The lowest BCUT2D eigenvalue weighted by molar-refractivity contribution is -0.164. The van der Waals surface area contributed by atoms with Crippen LogP contribution in [0.25, 0.3) is 0 Å². The number of hydroxylamine groups is 2. The van der Waals surface area contributed by atoms with Gasteiger partial charge in [0, 0.05) is 0 Å². The third-order valence-electron chi connectivity index (χ3n) is 3.12.